The highest BCUT2D eigenvalue weighted by Crippen LogP contribution is 2.32. The van der Waals surface area contributed by atoms with Crippen molar-refractivity contribution in [2.45, 2.75) is 13.1 Å². The number of likely N-dealkylation sites (N-methyl/N-ethyl adjacent to an activating group) is 1. The van der Waals surface area contributed by atoms with E-state index in [1.807, 2.05) is 11.0 Å². The number of piperazine rings is 1. The third kappa shape index (κ3) is 4.84. The number of fused-ring (bicyclic) bond motifs is 2. The van der Waals surface area contributed by atoms with Crippen molar-refractivity contribution in [3.63, 3.8) is 0 Å². The molecule has 0 N–H and O–H groups in total. The first kappa shape index (κ1) is 23.7. The van der Waals surface area contributed by atoms with Gasteiger partial charge in [0.1, 0.15) is 5.82 Å². The molecule has 0 radical (unpaired) electrons. The van der Waals surface area contributed by atoms with E-state index in [1.165, 1.54) is 5.56 Å². The van der Waals surface area contributed by atoms with Gasteiger partial charge >= 0.3 is 0 Å². The summed E-state index contributed by atoms with van der Waals surface area (Å²) < 4.78 is 3.33. The summed E-state index contributed by atoms with van der Waals surface area (Å²) in [6.45, 7) is 4.89. The van der Waals surface area contributed by atoms with E-state index in [2.05, 4.69) is 101 Å². The Morgan fingerprint density at radius 2 is 1.65 bits per heavy atom. The zero-order valence-electron chi connectivity index (χ0n) is 21.3. The van der Waals surface area contributed by atoms with E-state index >= 15 is 0 Å². The molecule has 0 unspecified atom stereocenters. The van der Waals surface area contributed by atoms with Gasteiger partial charge in [0, 0.05) is 50.2 Å². The number of aromatic nitrogens is 2. The minimum absolute atomic E-state index is 0.150. The molecule has 1 fully saturated rings. The van der Waals surface area contributed by atoms with E-state index in [0.29, 0.717) is 6.54 Å². The Hall–Kier alpha value is -3.68. The van der Waals surface area contributed by atoms with Crippen molar-refractivity contribution in [1.29, 1.82) is 0 Å². The quantitative estimate of drug-likeness (QED) is 0.308. The van der Waals surface area contributed by atoms with Gasteiger partial charge in [0.05, 0.1) is 22.5 Å². The average molecular weight is 510 g/mol. The minimum Gasteiger partial charge on any atom is -0.360 e. The van der Waals surface area contributed by atoms with Crippen LogP contribution in [-0.2, 0) is 20.1 Å². The van der Waals surface area contributed by atoms with Crippen LogP contribution < -0.4 is 4.90 Å². The fraction of sp³-hybridized carbons (Fsp3) is 0.267. The van der Waals surface area contributed by atoms with Gasteiger partial charge < -0.3 is 19.3 Å². The molecule has 0 atom stereocenters. The molecule has 3 aromatic carbocycles. The molecule has 0 bridgehead atoms. The van der Waals surface area contributed by atoms with Crippen LogP contribution in [0.4, 0.5) is 5.69 Å². The van der Waals surface area contributed by atoms with Crippen molar-refractivity contribution in [3.8, 4) is 0 Å². The van der Waals surface area contributed by atoms with Gasteiger partial charge in [-0.3, -0.25) is 4.79 Å². The molecule has 3 heterocycles. The first-order chi connectivity index (χ1) is 18.0. The lowest BCUT2D eigenvalue weighted by atomic mass is 10.1. The van der Waals surface area contributed by atoms with E-state index in [-0.39, 0.29) is 5.91 Å². The molecular weight excluding hydrogens is 478 g/mol. The number of hydrogen-bond donors (Lipinski definition) is 0. The topological polar surface area (TPSA) is 44.6 Å². The van der Waals surface area contributed by atoms with Gasteiger partial charge in [0.15, 0.2) is 0 Å². The van der Waals surface area contributed by atoms with Crippen LogP contribution in [-0.4, -0.2) is 58.5 Å². The zero-order valence-corrected chi connectivity index (χ0v) is 22.1. The molecule has 0 saturated carbocycles. The second-order valence-electron chi connectivity index (χ2n) is 9.85. The number of imidazole rings is 1. The lowest BCUT2D eigenvalue weighted by Crippen LogP contribution is -2.46. The molecule has 0 spiro atoms. The summed E-state index contributed by atoms with van der Waals surface area (Å²) in [7, 11) is 4.20. The van der Waals surface area contributed by atoms with Crippen LogP contribution in [0.1, 0.15) is 21.1 Å². The van der Waals surface area contributed by atoms with Crippen LogP contribution in [0.3, 0.4) is 0 Å². The number of anilines is 1. The number of aryl methyl sites for hydroxylation is 1. The number of thiophene rings is 1. The van der Waals surface area contributed by atoms with Crippen molar-refractivity contribution in [2.24, 2.45) is 7.05 Å². The highest BCUT2D eigenvalue weighted by molar-refractivity contribution is 7.20. The Morgan fingerprint density at radius 3 is 2.43 bits per heavy atom. The van der Waals surface area contributed by atoms with Crippen molar-refractivity contribution < 1.29 is 4.79 Å². The number of hydrogen-bond acceptors (Lipinski definition) is 5. The molecule has 37 heavy (non-hydrogen) atoms. The van der Waals surface area contributed by atoms with Gasteiger partial charge in [-0.2, -0.15) is 0 Å². The van der Waals surface area contributed by atoms with Gasteiger partial charge in [-0.1, -0.05) is 42.5 Å². The van der Waals surface area contributed by atoms with E-state index in [1.54, 1.807) is 11.3 Å². The zero-order chi connectivity index (χ0) is 25.4. The van der Waals surface area contributed by atoms with Crippen molar-refractivity contribution >= 4 is 44.1 Å². The standard InChI is InChI=1S/C30H31N5OS/c1-32-14-16-34(17-15-32)30(36)28-19-23-18-24(12-13-27(23)37-28)35(20-22-8-4-3-5-9-22)21-29-31-25-10-6-7-11-26(25)33(29)2/h3-13,18-19H,14-17,20-21H2,1-2H3. The third-order valence-electron chi connectivity index (χ3n) is 7.29. The largest absolute Gasteiger partial charge is 0.360 e. The maximum atomic E-state index is 13.2. The lowest BCUT2D eigenvalue weighted by Gasteiger charge is -2.32. The second-order valence-corrected chi connectivity index (χ2v) is 10.9. The summed E-state index contributed by atoms with van der Waals surface area (Å²) in [6.07, 6.45) is 0. The maximum absolute atomic E-state index is 13.2. The Labute approximate surface area is 221 Å². The Kier molecular flexibility index (Phi) is 6.40. The highest BCUT2D eigenvalue weighted by Gasteiger charge is 2.22. The summed E-state index contributed by atoms with van der Waals surface area (Å²) in [5, 5.41) is 1.11. The van der Waals surface area contributed by atoms with Gasteiger partial charge in [-0.15, -0.1) is 11.3 Å². The summed E-state index contributed by atoms with van der Waals surface area (Å²) in [6, 6.07) is 27.4. The highest BCUT2D eigenvalue weighted by atomic mass is 32.1. The number of para-hydroxylation sites is 2. The predicted octanol–water partition coefficient (Wildman–Crippen LogP) is 5.38. The van der Waals surface area contributed by atoms with Crippen LogP contribution in [0.15, 0.2) is 78.9 Å². The van der Waals surface area contributed by atoms with Gasteiger partial charge in [-0.05, 0) is 54.4 Å². The molecule has 6 rings (SSSR count). The summed E-state index contributed by atoms with van der Waals surface area (Å²) in [5.74, 6) is 1.17. The van der Waals surface area contributed by atoms with E-state index < -0.39 is 0 Å². The number of carbonyl (C=O) groups is 1. The summed E-state index contributed by atoms with van der Waals surface area (Å²) in [4.78, 5) is 25.6. The van der Waals surface area contributed by atoms with Gasteiger partial charge in [-0.25, -0.2) is 4.98 Å². The molecular formula is C30H31N5OS. The molecule has 7 heteroatoms. The van der Waals surface area contributed by atoms with Crippen LogP contribution in [0.5, 0.6) is 0 Å². The normalized spacial score (nSPS) is 14.5. The molecule has 1 saturated heterocycles. The fourth-order valence-corrected chi connectivity index (χ4v) is 6.06. The third-order valence-corrected chi connectivity index (χ3v) is 8.40. The molecule has 6 nitrogen and oxygen atoms in total. The van der Waals surface area contributed by atoms with Gasteiger partial charge in [0.2, 0.25) is 0 Å². The van der Waals surface area contributed by atoms with E-state index in [9.17, 15) is 4.79 Å². The molecule has 0 aliphatic carbocycles. The number of rotatable bonds is 6. The monoisotopic (exact) mass is 509 g/mol. The second kappa shape index (κ2) is 10.00. The number of benzene rings is 3. The first-order valence-electron chi connectivity index (χ1n) is 12.8. The van der Waals surface area contributed by atoms with E-state index in [0.717, 1.165) is 70.2 Å². The number of nitrogens with zero attached hydrogens (tertiary/aromatic N) is 5. The van der Waals surface area contributed by atoms with E-state index in [4.69, 9.17) is 4.98 Å². The van der Waals surface area contributed by atoms with Crippen LogP contribution in [0, 0.1) is 0 Å². The number of amides is 1. The fourth-order valence-electron chi connectivity index (χ4n) is 5.05. The van der Waals surface area contributed by atoms with Crippen LogP contribution in [0.2, 0.25) is 0 Å². The Bertz CT molecular complexity index is 1550. The summed E-state index contributed by atoms with van der Waals surface area (Å²) in [5.41, 5.74) is 4.52. The number of carbonyl (C=O) groups excluding carboxylic acids is 1. The molecule has 1 amide bonds. The predicted molar refractivity (Wildman–Crippen MR) is 152 cm³/mol. The van der Waals surface area contributed by atoms with Gasteiger partial charge in [0.25, 0.3) is 5.91 Å². The molecule has 5 aromatic rings. The van der Waals surface area contributed by atoms with Crippen molar-refractivity contribution in [1.82, 2.24) is 19.4 Å². The first-order valence-corrected chi connectivity index (χ1v) is 13.6. The molecule has 2 aromatic heterocycles. The molecule has 188 valence electrons. The minimum atomic E-state index is 0.150. The van der Waals surface area contributed by atoms with Crippen molar-refractivity contribution in [3.05, 3.63) is 95.1 Å². The van der Waals surface area contributed by atoms with Crippen molar-refractivity contribution in [2.75, 3.05) is 38.1 Å². The Morgan fingerprint density at radius 1 is 0.892 bits per heavy atom. The van der Waals surface area contributed by atoms with Crippen LogP contribution in [0.25, 0.3) is 21.1 Å². The summed E-state index contributed by atoms with van der Waals surface area (Å²) >= 11 is 1.59. The molecule has 1 aliphatic heterocycles. The lowest BCUT2D eigenvalue weighted by molar-refractivity contribution is 0.0669. The average Bonchev–Trinajstić information content (AvgIpc) is 3.49. The smallest absolute Gasteiger partial charge is 0.264 e. The Balaban J connectivity index is 1.32. The SMILES string of the molecule is CN1CCN(C(=O)c2cc3cc(N(Cc4ccccc4)Cc4nc5ccccc5n4C)ccc3s2)CC1. The molecule has 1 aliphatic rings. The maximum Gasteiger partial charge on any atom is 0.264 e. The van der Waals surface area contributed by atoms with Crippen LogP contribution >= 0.6 is 11.3 Å².